The van der Waals surface area contributed by atoms with Crippen LogP contribution in [0.25, 0.3) is 0 Å². The third-order valence-corrected chi connectivity index (χ3v) is 5.34. The molecule has 2 amide bonds. The number of para-hydroxylation sites is 1. The van der Waals surface area contributed by atoms with Gasteiger partial charge in [0.2, 0.25) is 5.91 Å². The van der Waals surface area contributed by atoms with E-state index in [9.17, 15) is 9.59 Å². The molecule has 2 aliphatic rings. The van der Waals surface area contributed by atoms with Gasteiger partial charge in [-0.15, -0.1) is 0 Å². The molecular weight excluding hydrogens is 330 g/mol. The molecule has 0 radical (unpaired) electrons. The Morgan fingerprint density at radius 2 is 1.46 bits per heavy atom. The van der Waals surface area contributed by atoms with Gasteiger partial charge in [-0.1, -0.05) is 31.0 Å². The van der Waals surface area contributed by atoms with Crippen LogP contribution in [0.2, 0.25) is 0 Å². The minimum Gasteiger partial charge on any atom is -0.410 e. The fourth-order valence-electron chi connectivity index (χ4n) is 3.66. The van der Waals surface area contributed by atoms with Crippen molar-refractivity contribution in [1.82, 2.24) is 14.7 Å². The summed E-state index contributed by atoms with van der Waals surface area (Å²) in [6, 6.07) is 9.00. The van der Waals surface area contributed by atoms with Crippen molar-refractivity contribution < 1.29 is 14.3 Å². The third-order valence-electron chi connectivity index (χ3n) is 5.34. The molecule has 142 valence electrons. The highest BCUT2D eigenvalue weighted by Gasteiger charge is 2.30. The van der Waals surface area contributed by atoms with Crippen molar-refractivity contribution in [1.29, 1.82) is 0 Å². The quantitative estimate of drug-likeness (QED) is 0.832. The highest BCUT2D eigenvalue weighted by Crippen LogP contribution is 2.15. The highest BCUT2D eigenvalue weighted by atomic mass is 16.6. The molecule has 0 spiro atoms. The van der Waals surface area contributed by atoms with Gasteiger partial charge in [-0.2, -0.15) is 0 Å². The summed E-state index contributed by atoms with van der Waals surface area (Å²) in [5.41, 5.74) is 0. The number of nitrogens with zero attached hydrogens (tertiary/aromatic N) is 3. The van der Waals surface area contributed by atoms with Gasteiger partial charge >= 0.3 is 6.09 Å². The first-order valence-electron chi connectivity index (χ1n) is 9.70. The number of rotatable bonds is 3. The fraction of sp³-hybridized carbons (Fsp3) is 0.600. The van der Waals surface area contributed by atoms with E-state index in [1.54, 1.807) is 17.0 Å². The van der Waals surface area contributed by atoms with E-state index in [2.05, 4.69) is 4.90 Å². The third kappa shape index (κ3) is 4.75. The van der Waals surface area contributed by atoms with Crippen molar-refractivity contribution >= 4 is 12.0 Å². The summed E-state index contributed by atoms with van der Waals surface area (Å²) in [5.74, 6) is 0.789. The van der Waals surface area contributed by atoms with Crippen LogP contribution in [0.15, 0.2) is 30.3 Å². The number of carbonyl (C=O) groups excluding carboxylic acids is 2. The normalized spacial score (nSPS) is 20.3. The zero-order valence-corrected chi connectivity index (χ0v) is 15.6. The topological polar surface area (TPSA) is 53.1 Å². The summed E-state index contributed by atoms with van der Waals surface area (Å²) in [4.78, 5) is 31.0. The summed E-state index contributed by atoms with van der Waals surface area (Å²) < 4.78 is 5.40. The van der Waals surface area contributed by atoms with Crippen molar-refractivity contribution in [2.75, 3.05) is 39.3 Å². The summed E-state index contributed by atoms with van der Waals surface area (Å²) >= 11 is 0. The maximum atomic E-state index is 12.8. The van der Waals surface area contributed by atoms with Crippen LogP contribution in [-0.2, 0) is 4.79 Å². The molecule has 1 aromatic rings. The predicted octanol–water partition coefficient (Wildman–Crippen LogP) is 2.59. The van der Waals surface area contributed by atoms with Gasteiger partial charge in [0, 0.05) is 39.3 Å². The Hall–Kier alpha value is -2.08. The van der Waals surface area contributed by atoms with Gasteiger partial charge in [0.15, 0.2) is 0 Å². The minimum absolute atomic E-state index is 0.125. The number of benzene rings is 1. The summed E-state index contributed by atoms with van der Waals surface area (Å²) in [5, 5.41) is 0. The Bertz CT molecular complexity index is 592. The number of piperazine rings is 1. The van der Waals surface area contributed by atoms with Crippen LogP contribution in [0.5, 0.6) is 5.75 Å². The molecule has 1 aromatic carbocycles. The van der Waals surface area contributed by atoms with Crippen LogP contribution in [0, 0.1) is 0 Å². The molecular formula is C20H29N3O3. The first-order valence-corrected chi connectivity index (χ1v) is 9.70. The number of hydrogen-bond acceptors (Lipinski definition) is 4. The molecule has 6 nitrogen and oxygen atoms in total. The van der Waals surface area contributed by atoms with Crippen LogP contribution in [-0.4, -0.2) is 72.0 Å². The highest BCUT2D eigenvalue weighted by molar-refractivity contribution is 5.81. The second-order valence-electron chi connectivity index (χ2n) is 7.12. The van der Waals surface area contributed by atoms with Gasteiger partial charge in [0.25, 0.3) is 0 Å². The van der Waals surface area contributed by atoms with E-state index in [4.69, 9.17) is 4.74 Å². The van der Waals surface area contributed by atoms with Crippen molar-refractivity contribution in [3.8, 4) is 5.75 Å². The Kier molecular flexibility index (Phi) is 6.50. The monoisotopic (exact) mass is 359 g/mol. The fourth-order valence-corrected chi connectivity index (χ4v) is 3.66. The van der Waals surface area contributed by atoms with E-state index in [-0.39, 0.29) is 18.0 Å². The molecule has 0 aromatic heterocycles. The van der Waals surface area contributed by atoms with Crippen molar-refractivity contribution in [2.24, 2.45) is 0 Å². The van der Waals surface area contributed by atoms with E-state index in [0.717, 1.165) is 25.9 Å². The average molecular weight is 359 g/mol. The zero-order chi connectivity index (χ0) is 18.4. The molecule has 2 saturated heterocycles. The Labute approximate surface area is 155 Å². The van der Waals surface area contributed by atoms with Crippen LogP contribution in [0.3, 0.4) is 0 Å². The van der Waals surface area contributed by atoms with Gasteiger partial charge < -0.3 is 14.5 Å². The molecule has 2 heterocycles. The molecule has 0 bridgehead atoms. The predicted molar refractivity (Wildman–Crippen MR) is 100 cm³/mol. The molecule has 26 heavy (non-hydrogen) atoms. The number of hydrogen-bond donors (Lipinski definition) is 0. The molecule has 1 unspecified atom stereocenters. The second kappa shape index (κ2) is 9.03. The molecule has 1 atom stereocenters. The van der Waals surface area contributed by atoms with Gasteiger partial charge in [-0.25, -0.2) is 4.79 Å². The van der Waals surface area contributed by atoms with E-state index in [0.29, 0.717) is 31.9 Å². The molecule has 0 N–H and O–H groups in total. The summed E-state index contributed by atoms with van der Waals surface area (Å²) in [7, 11) is 0. The Balaban J connectivity index is 1.48. The molecule has 2 aliphatic heterocycles. The maximum Gasteiger partial charge on any atom is 0.415 e. The van der Waals surface area contributed by atoms with Gasteiger partial charge in [0.1, 0.15) is 5.75 Å². The van der Waals surface area contributed by atoms with Gasteiger partial charge in [-0.05, 0) is 31.9 Å². The van der Waals surface area contributed by atoms with Crippen molar-refractivity contribution in [3.05, 3.63) is 30.3 Å². The number of likely N-dealkylation sites (tertiary alicyclic amines) is 1. The lowest BCUT2D eigenvalue weighted by atomic mass is 10.2. The van der Waals surface area contributed by atoms with E-state index < -0.39 is 0 Å². The maximum absolute atomic E-state index is 12.8. The lowest BCUT2D eigenvalue weighted by molar-refractivity contribution is -0.136. The summed E-state index contributed by atoms with van der Waals surface area (Å²) in [6.07, 6.45) is 4.35. The molecule has 2 fully saturated rings. The number of ether oxygens (including phenoxy) is 1. The van der Waals surface area contributed by atoms with Crippen LogP contribution in [0.1, 0.15) is 32.6 Å². The zero-order valence-electron chi connectivity index (χ0n) is 15.6. The standard InChI is InChI=1S/C20H29N3O3/c1-17(19(24)22-11-7-2-3-8-12-22)21-13-15-23(16-14-21)20(25)26-18-9-5-4-6-10-18/h4-6,9-10,17H,2-3,7-8,11-16H2,1H3. The first-order chi connectivity index (χ1) is 12.6. The molecule has 6 heteroatoms. The van der Waals surface area contributed by atoms with Crippen LogP contribution >= 0.6 is 0 Å². The first kappa shape index (κ1) is 18.7. The van der Waals surface area contributed by atoms with Crippen molar-refractivity contribution in [2.45, 2.75) is 38.6 Å². The Morgan fingerprint density at radius 1 is 0.846 bits per heavy atom. The minimum atomic E-state index is -0.317. The molecule has 3 rings (SSSR count). The van der Waals surface area contributed by atoms with Crippen LogP contribution < -0.4 is 4.74 Å². The summed E-state index contributed by atoms with van der Waals surface area (Å²) in [6.45, 7) is 6.33. The molecule has 0 aliphatic carbocycles. The van der Waals surface area contributed by atoms with Crippen LogP contribution in [0.4, 0.5) is 4.79 Å². The lowest BCUT2D eigenvalue weighted by Crippen LogP contribution is -2.56. The number of amides is 2. The second-order valence-corrected chi connectivity index (χ2v) is 7.12. The van der Waals surface area contributed by atoms with E-state index in [1.807, 2.05) is 30.0 Å². The molecule has 0 saturated carbocycles. The van der Waals surface area contributed by atoms with E-state index in [1.165, 1.54) is 12.8 Å². The lowest BCUT2D eigenvalue weighted by Gasteiger charge is -2.38. The Morgan fingerprint density at radius 3 is 2.08 bits per heavy atom. The van der Waals surface area contributed by atoms with Gasteiger partial charge in [0.05, 0.1) is 6.04 Å². The van der Waals surface area contributed by atoms with E-state index >= 15 is 0 Å². The SMILES string of the molecule is CC(C(=O)N1CCCCCC1)N1CCN(C(=O)Oc2ccccc2)CC1. The largest absolute Gasteiger partial charge is 0.415 e. The van der Waals surface area contributed by atoms with Crippen molar-refractivity contribution in [3.63, 3.8) is 0 Å². The number of carbonyl (C=O) groups is 2. The van der Waals surface area contributed by atoms with Gasteiger partial charge in [-0.3, -0.25) is 9.69 Å². The average Bonchev–Trinajstić information content (AvgIpc) is 2.97. The smallest absolute Gasteiger partial charge is 0.410 e.